The van der Waals surface area contributed by atoms with E-state index in [0.29, 0.717) is 37.8 Å². The number of sulfonamides is 1. The fourth-order valence-corrected chi connectivity index (χ4v) is 4.66. The molecule has 1 aliphatic heterocycles. The van der Waals surface area contributed by atoms with E-state index in [0.717, 1.165) is 5.75 Å². The van der Waals surface area contributed by atoms with Gasteiger partial charge in [-0.1, -0.05) is 0 Å². The molecule has 1 heterocycles. The van der Waals surface area contributed by atoms with Gasteiger partial charge in [-0.05, 0) is 62.4 Å². The summed E-state index contributed by atoms with van der Waals surface area (Å²) >= 11 is 0. The first-order valence-corrected chi connectivity index (χ1v) is 11.7. The van der Waals surface area contributed by atoms with Crippen molar-refractivity contribution in [3.8, 4) is 17.2 Å². The molecule has 9 heteroatoms. The average Bonchev–Trinajstić information content (AvgIpc) is 2.79. The third-order valence-electron chi connectivity index (χ3n) is 4.86. The molecule has 31 heavy (non-hydrogen) atoms. The minimum Gasteiger partial charge on any atom is -0.494 e. The number of carbonyl (C=O) groups excluding carboxylic acids is 1. The van der Waals surface area contributed by atoms with Gasteiger partial charge in [0.1, 0.15) is 17.2 Å². The second kappa shape index (κ2) is 10.5. The van der Waals surface area contributed by atoms with Crippen LogP contribution in [0.3, 0.4) is 0 Å². The predicted octanol–water partition coefficient (Wildman–Crippen LogP) is 2.40. The number of hydrogen-bond donors (Lipinski definition) is 0. The Balaban J connectivity index is 1.50. The van der Waals surface area contributed by atoms with Crippen molar-refractivity contribution in [2.75, 3.05) is 46.0 Å². The van der Waals surface area contributed by atoms with Crippen LogP contribution < -0.4 is 14.2 Å². The summed E-state index contributed by atoms with van der Waals surface area (Å²) in [4.78, 5) is 14.3. The van der Waals surface area contributed by atoms with Crippen molar-refractivity contribution in [3.63, 3.8) is 0 Å². The lowest BCUT2D eigenvalue weighted by Gasteiger charge is -2.34. The summed E-state index contributed by atoms with van der Waals surface area (Å²) in [6.45, 7) is 5.90. The lowest BCUT2D eigenvalue weighted by Crippen LogP contribution is -2.51. The molecular formula is C22H28N2O6S. The first-order chi connectivity index (χ1) is 14.9. The highest BCUT2D eigenvalue weighted by molar-refractivity contribution is 7.89. The summed E-state index contributed by atoms with van der Waals surface area (Å²) in [5, 5.41) is 0. The summed E-state index contributed by atoms with van der Waals surface area (Å²) in [6.07, 6.45) is 0. The second-order valence-corrected chi connectivity index (χ2v) is 8.82. The van der Waals surface area contributed by atoms with Gasteiger partial charge in [-0.15, -0.1) is 0 Å². The van der Waals surface area contributed by atoms with Gasteiger partial charge in [0.05, 0.1) is 18.1 Å². The summed E-state index contributed by atoms with van der Waals surface area (Å²) in [5.41, 5.74) is 0. The topological polar surface area (TPSA) is 85.4 Å². The summed E-state index contributed by atoms with van der Waals surface area (Å²) < 4.78 is 43.4. The molecule has 8 nitrogen and oxygen atoms in total. The molecule has 2 aromatic rings. The zero-order chi connectivity index (χ0) is 22.3. The molecule has 1 saturated heterocycles. The monoisotopic (exact) mass is 448 g/mol. The summed E-state index contributed by atoms with van der Waals surface area (Å²) in [5.74, 6) is 1.77. The molecule has 1 amide bonds. The van der Waals surface area contributed by atoms with Gasteiger partial charge < -0.3 is 19.1 Å². The largest absolute Gasteiger partial charge is 0.494 e. The van der Waals surface area contributed by atoms with Crippen LogP contribution in [0.2, 0.25) is 0 Å². The molecule has 0 spiro atoms. The normalized spacial score (nSPS) is 14.8. The highest BCUT2D eigenvalue weighted by atomic mass is 32.2. The van der Waals surface area contributed by atoms with Crippen molar-refractivity contribution in [1.82, 2.24) is 9.21 Å². The van der Waals surface area contributed by atoms with E-state index in [-0.39, 0.29) is 30.5 Å². The van der Waals surface area contributed by atoms with Crippen LogP contribution in [-0.2, 0) is 14.8 Å². The fourth-order valence-electron chi connectivity index (χ4n) is 3.24. The van der Waals surface area contributed by atoms with E-state index in [4.69, 9.17) is 14.2 Å². The number of carbonyl (C=O) groups is 1. The standard InChI is InChI=1S/C22H28N2O6S/c1-3-28-18-5-7-20(8-6-18)30-17-22(25)23-13-15-24(16-14-23)31(26,27)21-11-9-19(10-12-21)29-4-2/h5-12H,3-4,13-17H2,1-2H3. The van der Waals surface area contributed by atoms with Gasteiger partial charge >= 0.3 is 0 Å². The Morgan fingerprint density at radius 3 is 1.71 bits per heavy atom. The average molecular weight is 449 g/mol. The number of amides is 1. The molecule has 0 unspecified atom stereocenters. The predicted molar refractivity (Wildman–Crippen MR) is 116 cm³/mol. The van der Waals surface area contributed by atoms with Crippen molar-refractivity contribution in [2.45, 2.75) is 18.7 Å². The van der Waals surface area contributed by atoms with Crippen LogP contribution in [0.5, 0.6) is 17.2 Å². The van der Waals surface area contributed by atoms with Crippen molar-refractivity contribution >= 4 is 15.9 Å². The van der Waals surface area contributed by atoms with Crippen LogP contribution in [0, 0.1) is 0 Å². The first-order valence-electron chi connectivity index (χ1n) is 10.3. The van der Waals surface area contributed by atoms with Crippen LogP contribution >= 0.6 is 0 Å². The van der Waals surface area contributed by atoms with Crippen molar-refractivity contribution in [3.05, 3.63) is 48.5 Å². The van der Waals surface area contributed by atoms with Crippen LogP contribution in [0.4, 0.5) is 0 Å². The molecule has 0 N–H and O–H groups in total. The number of rotatable bonds is 9. The Morgan fingerprint density at radius 2 is 1.23 bits per heavy atom. The Kier molecular flexibility index (Phi) is 7.75. The molecule has 0 aliphatic carbocycles. The third kappa shape index (κ3) is 5.89. The van der Waals surface area contributed by atoms with E-state index >= 15 is 0 Å². The van der Waals surface area contributed by atoms with E-state index in [1.807, 2.05) is 13.8 Å². The summed E-state index contributed by atoms with van der Waals surface area (Å²) in [6, 6.07) is 13.5. The SMILES string of the molecule is CCOc1ccc(OCC(=O)N2CCN(S(=O)(=O)c3ccc(OCC)cc3)CC2)cc1. The van der Waals surface area contributed by atoms with E-state index in [1.54, 1.807) is 53.4 Å². The Bertz CT molecular complexity index is 953. The lowest BCUT2D eigenvalue weighted by atomic mass is 10.3. The van der Waals surface area contributed by atoms with Gasteiger partial charge in [0.15, 0.2) is 6.61 Å². The van der Waals surface area contributed by atoms with Gasteiger partial charge in [0.2, 0.25) is 10.0 Å². The molecule has 0 atom stereocenters. The molecule has 0 aromatic heterocycles. The van der Waals surface area contributed by atoms with E-state index < -0.39 is 10.0 Å². The lowest BCUT2D eigenvalue weighted by molar-refractivity contribution is -0.134. The summed E-state index contributed by atoms with van der Waals surface area (Å²) in [7, 11) is -3.61. The maximum atomic E-state index is 12.9. The highest BCUT2D eigenvalue weighted by Crippen LogP contribution is 2.21. The van der Waals surface area contributed by atoms with Gasteiger partial charge in [-0.2, -0.15) is 4.31 Å². The van der Waals surface area contributed by atoms with Crippen molar-refractivity contribution < 1.29 is 27.4 Å². The van der Waals surface area contributed by atoms with Crippen LogP contribution in [-0.4, -0.2) is 69.5 Å². The number of benzene rings is 2. The Labute approximate surface area is 183 Å². The van der Waals surface area contributed by atoms with E-state index in [9.17, 15) is 13.2 Å². The van der Waals surface area contributed by atoms with Crippen LogP contribution in [0.15, 0.2) is 53.4 Å². The van der Waals surface area contributed by atoms with Gasteiger partial charge in [0, 0.05) is 26.2 Å². The smallest absolute Gasteiger partial charge is 0.260 e. The molecular weight excluding hydrogens is 420 g/mol. The van der Waals surface area contributed by atoms with Crippen molar-refractivity contribution in [1.29, 1.82) is 0 Å². The van der Waals surface area contributed by atoms with Gasteiger partial charge in [-0.25, -0.2) is 8.42 Å². The molecule has 2 aromatic carbocycles. The van der Waals surface area contributed by atoms with E-state index in [1.165, 1.54) is 4.31 Å². The zero-order valence-corrected chi connectivity index (χ0v) is 18.6. The number of hydrogen-bond acceptors (Lipinski definition) is 6. The maximum Gasteiger partial charge on any atom is 0.260 e. The minimum absolute atomic E-state index is 0.0976. The van der Waals surface area contributed by atoms with E-state index in [2.05, 4.69) is 0 Å². The fraction of sp³-hybridized carbons (Fsp3) is 0.409. The van der Waals surface area contributed by atoms with Crippen molar-refractivity contribution in [2.24, 2.45) is 0 Å². The minimum atomic E-state index is -3.61. The van der Waals surface area contributed by atoms with Gasteiger partial charge in [-0.3, -0.25) is 4.79 Å². The highest BCUT2D eigenvalue weighted by Gasteiger charge is 2.30. The number of ether oxygens (including phenoxy) is 3. The third-order valence-corrected chi connectivity index (χ3v) is 6.77. The first kappa shape index (κ1) is 22.9. The Morgan fingerprint density at radius 1 is 0.774 bits per heavy atom. The second-order valence-electron chi connectivity index (χ2n) is 6.88. The van der Waals surface area contributed by atoms with Crippen LogP contribution in [0.25, 0.3) is 0 Å². The molecule has 0 saturated carbocycles. The molecule has 1 aliphatic rings. The molecule has 3 rings (SSSR count). The molecule has 0 bridgehead atoms. The number of nitrogens with zero attached hydrogens (tertiary/aromatic N) is 2. The van der Waals surface area contributed by atoms with Gasteiger partial charge in [0.25, 0.3) is 5.91 Å². The quantitative estimate of drug-likeness (QED) is 0.586. The molecule has 0 radical (unpaired) electrons. The number of piperazine rings is 1. The molecule has 1 fully saturated rings. The maximum absolute atomic E-state index is 12.9. The molecule has 168 valence electrons. The Hall–Kier alpha value is -2.78. The zero-order valence-electron chi connectivity index (χ0n) is 17.8. The van der Waals surface area contributed by atoms with Crippen LogP contribution in [0.1, 0.15) is 13.8 Å².